The predicted molar refractivity (Wildman–Crippen MR) is 98.2 cm³/mol. The molecule has 0 aliphatic rings. The molecule has 1 rings (SSSR count). The topological polar surface area (TPSA) is 15.3 Å². The van der Waals surface area contributed by atoms with E-state index in [1.165, 1.54) is 30.5 Å². The van der Waals surface area contributed by atoms with Gasteiger partial charge in [0.1, 0.15) is 0 Å². The van der Waals surface area contributed by atoms with Gasteiger partial charge in [0.15, 0.2) is 0 Å². The average Bonchev–Trinajstić information content (AvgIpc) is 2.48. The van der Waals surface area contributed by atoms with Crippen LogP contribution in [0.15, 0.2) is 22.7 Å². The first-order valence-corrected chi connectivity index (χ1v) is 9.13. The molecule has 0 aromatic heterocycles. The summed E-state index contributed by atoms with van der Waals surface area (Å²) in [5.74, 6) is 0. The first-order chi connectivity index (χ1) is 10.0. The molecule has 2 atom stereocenters. The minimum atomic E-state index is 0.371. The zero-order chi connectivity index (χ0) is 15.8. The minimum Gasteiger partial charge on any atom is -0.369 e. The van der Waals surface area contributed by atoms with Crippen LogP contribution in [0.5, 0.6) is 0 Å². The normalized spacial score (nSPS) is 14.0. The maximum atomic E-state index is 3.63. The zero-order valence-corrected chi connectivity index (χ0v) is 15.8. The van der Waals surface area contributed by atoms with E-state index in [1.54, 1.807) is 0 Å². The van der Waals surface area contributed by atoms with Crippen LogP contribution >= 0.6 is 15.9 Å². The van der Waals surface area contributed by atoms with Gasteiger partial charge in [-0.15, -0.1) is 0 Å². The van der Waals surface area contributed by atoms with Crippen molar-refractivity contribution in [1.29, 1.82) is 0 Å². The molecule has 1 N–H and O–H groups in total. The van der Waals surface area contributed by atoms with Crippen molar-refractivity contribution in [2.45, 2.75) is 66.0 Å². The molecule has 120 valence electrons. The van der Waals surface area contributed by atoms with E-state index in [1.807, 2.05) is 0 Å². The van der Waals surface area contributed by atoms with Crippen molar-refractivity contribution in [3.63, 3.8) is 0 Å². The van der Waals surface area contributed by atoms with Crippen LogP contribution < -0.4 is 10.2 Å². The Morgan fingerprint density at radius 1 is 1.19 bits per heavy atom. The van der Waals surface area contributed by atoms with E-state index in [9.17, 15) is 0 Å². The van der Waals surface area contributed by atoms with Gasteiger partial charge in [-0.25, -0.2) is 0 Å². The number of unbranched alkanes of at least 4 members (excludes halogenated alkanes) is 1. The maximum Gasteiger partial charge on any atom is 0.0417 e. The van der Waals surface area contributed by atoms with Gasteiger partial charge < -0.3 is 10.2 Å². The lowest BCUT2D eigenvalue weighted by atomic mass is 10.0. The van der Waals surface area contributed by atoms with Crippen LogP contribution in [0, 0.1) is 0 Å². The summed E-state index contributed by atoms with van der Waals surface area (Å²) in [5.41, 5.74) is 2.78. The lowest BCUT2D eigenvalue weighted by Gasteiger charge is -2.34. The number of nitrogens with zero attached hydrogens (tertiary/aromatic N) is 1. The molecule has 0 amide bonds. The van der Waals surface area contributed by atoms with Gasteiger partial charge in [-0.05, 0) is 57.0 Å². The van der Waals surface area contributed by atoms with E-state index in [0.29, 0.717) is 12.1 Å². The van der Waals surface area contributed by atoms with Gasteiger partial charge in [0.25, 0.3) is 0 Å². The van der Waals surface area contributed by atoms with Gasteiger partial charge in [0.05, 0.1) is 0 Å². The first kappa shape index (κ1) is 18.5. The molecule has 0 heterocycles. The first-order valence-electron chi connectivity index (χ1n) is 8.34. The molecule has 2 unspecified atom stereocenters. The quantitative estimate of drug-likeness (QED) is 0.627. The largest absolute Gasteiger partial charge is 0.369 e. The van der Waals surface area contributed by atoms with Crippen molar-refractivity contribution >= 4 is 21.6 Å². The van der Waals surface area contributed by atoms with Gasteiger partial charge in [-0.2, -0.15) is 0 Å². The van der Waals surface area contributed by atoms with Crippen LogP contribution in [-0.4, -0.2) is 19.1 Å². The molecular formula is C18H31BrN2. The summed E-state index contributed by atoms with van der Waals surface area (Å²) in [7, 11) is 0. The smallest absolute Gasteiger partial charge is 0.0417 e. The lowest BCUT2D eigenvalue weighted by Crippen LogP contribution is -2.35. The SMILES string of the molecule is CCCCN(c1ccc(Br)cc1C(C)NCC)C(C)CC. The maximum absolute atomic E-state index is 3.63. The van der Waals surface area contributed by atoms with Crippen LogP contribution in [0.1, 0.15) is 65.5 Å². The third kappa shape index (κ3) is 5.30. The fourth-order valence-electron chi connectivity index (χ4n) is 2.68. The number of benzene rings is 1. The van der Waals surface area contributed by atoms with Crippen LogP contribution in [0.3, 0.4) is 0 Å². The van der Waals surface area contributed by atoms with Crippen LogP contribution in [-0.2, 0) is 0 Å². The highest BCUT2D eigenvalue weighted by Crippen LogP contribution is 2.31. The Hall–Kier alpha value is -0.540. The molecular weight excluding hydrogens is 324 g/mol. The Labute approximate surface area is 139 Å². The highest BCUT2D eigenvalue weighted by Gasteiger charge is 2.19. The Balaban J connectivity index is 3.16. The monoisotopic (exact) mass is 354 g/mol. The Bertz CT molecular complexity index is 420. The van der Waals surface area contributed by atoms with Crippen molar-refractivity contribution in [3.8, 4) is 0 Å². The second-order valence-electron chi connectivity index (χ2n) is 5.79. The predicted octanol–water partition coefficient (Wildman–Crippen LogP) is 5.52. The van der Waals surface area contributed by atoms with Crippen LogP contribution in [0.4, 0.5) is 5.69 Å². The van der Waals surface area contributed by atoms with E-state index in [0.717, 1.165) is 17.6 Å². The zero-order valence-electron chi connectivity index (χ0n) is 14.2. The van der Waals surface area contributed by atoms with Gasteiger partial charge in [0, 0.05) is 28.8 Å². The molecule has 0 saturated carbocycles. The van der Waals surface area contributed by atoms with E-state index in [2.05, 4.69) is 79.0 Å². The Morgan fingerprint density at radius 2 is 1.90 bits per heavy atom. The van der Waals surface area contributed by atoms with E-state index in [-0.39, 0.29) is 0 Å². The number of nitrogens with one attached hydrogen (secondary N) is 1. The molecule has 0 radical (unpaired) electrons. The highest BCUT2D eigenvalue weighted by molar-refractivity contribution is 9.10. The molecule has 2 nitrogen and oxygen atoms in total. The molecule has 1 aromatic rings. The Kier molecular flexibility index (Phi) is 8.35. The van der Waals surface area contributed by atoms with Crippen LogP contribution in [0.25, 0.3) is 0 Å². The number of rotatable bonds is 9. The molecule has 21 heavy (non-hydrogen) atoms. The van der Waals surface area contributed by atoms with E-state index < -0.39 is 0 Å². The van der Waals surface area contributed by atoms with Crippen molar-refractivity contribution in [2.75, 3.05) is 18.0 Å². The third-order valence-electron chi connectivity index (χ3n) is 4.15. The van der Waals surface area contributed by atoms with Crippen molar-refractivity contribution in [1.82, 2.24) is 5.32 Å². The van der Waals surface area contributed by atoms with Gasteiger partial charge >= 0.3 is 0 Å². The molecule has 3 heteroatoms. The number of hydrogen-bond donors (Lipinski definition) is 1. The van der Waals surface area contributed by atoms with Gasteiger partial charge in [0.2, 0.25) is 0 Å². The summed E-state index contributed by atoms with van der Waals surface area (Å²) in [5, 5.41) is 3.55. The van der Waals surface area contributed by atoms with E-state index >= 15 is 0 Å². The fraction of sp³-hybridized carbons (Fsp3) is 0.667. The van der Waals surface area contributed by atoms with Crippen LogP contribution in [0.2, 0.25) is 0 Å². The summed E-state index contributed by atoms with van der Waals surface area (Å²) in [6.45, 7) is 13.4. The molecule has 0 aliphatic heterocycles. The third-order valence-corrected chi connectivity index (χ3v) is 4.64. The molecule has 0 fully saturated rings. The molecule has 0 aliphatic carbocycles. The summed E-state index contributed by atoms with van der Waals surface area (Å²) in [4.78, 5) is 2.58. The second kappa shape index (κ2) is 9.47. The summed E-state index contributed by atoms with van der Waals surface area (Å²) in [6.07, 6.45) is 3.66. The average molecular weight is 355 g/mol. The van der Waals surface area contributed by atoms with Crippen molar-refractivity contribution in [2.24, 2.45) is 0 Å². The fourth-order valence-corrected chi connectivity index (χ4v) is 3.06. The summed E-state index contributed by atoms with van der Waals surface area (Å²) >= 11 is 3.63. The summed E-state index contributed by atoms with van der Waals surface area (Å²) < 4.78 is 1.16. The number of anilines is 1. The van der Waals surface area contributed by atoms with Crippen molar-refractivity contribution < 1.29 is 0 Å². The lowest BCUT2D eigenvalue weighted by molar-refractivity contribution is 0.571. The molecule has 1 aromatic carbocycles. The van der Waals surface area contributed by atoms with E-state index in [4.69, 9.17) is 0 Å². The van der Waals surface area contributed by atoms with Gasteiger partial charge in [-0.1, -0.05) is 43.1 Å². The number of halogens is 1. The van der Waals surface area contributed by atoms with Crippen molar-refractivity contribution in [3.05, 3.63) is 28.2 Å². The highest BCUT2D eigenvalue weighted by atomic mass is 79.9. The molecule has 0 saturated heterocycles. The second-order valence-corrected chi connectivity index (χ2v) is 6.70. The molecule has 0 spiro atoms. The minimum absolute atomic E-state index is 0.371. The Morgan fingerprint density at radius 3 is 2.48 bits per heavy atom. The summed E-state index contributed by atoms with van der Waals surface area (Å²) in [6, 6.07) is 7.65. The van der Waals surface area contributed by atoms with Gasteiger partial charge in [-0.3, -0.25) is 0 Å². The molecule has 0 bridgehead atoms. The standard InChI is InChI=1S/C18H31BrN2/c1-6-9-12-21(14(4)7-2)18-11-10-16(19)13-17(18)15(5)20-8-3/h10-11,13-15,20H,6-9,12H2,1-5H3. The number of hydrogen-bond acceptors (Lipinski definition) is 2.